The number of methoxy groups -OCH3 is 3. The molecule has 3 rings (SSSR count). The average molecular weight is 442 g/mol. The Bertz CT molecular complexity index is 1110. The molecular formula is C21H18N2O7S. The maximum Gasteiger partial charge on any atom is 0.335 e. The zero-order chi connectivity index (χ0) is 22.7. The first-order valence-corrected chi connectivity index (χ1v) is 9.26. The first-order chi connectivity index (χ1) is 14.8. The van der Waals surface area contributed by atoms with Crippen molar-refractivity contribution in [3.63, 3.8) is 0 Å². The van der Waals surface area contributed by atoms with Crippen LogP contribution in [0.3, 0.4) is 0 Å². The highest BCUT2D eigenvalue weighted by atomic mass is 32.1. The van der Waals surface area contributed by atoms with Crippen LogP contribution >= 0.6 is 12.2 Å². The van der Waals surface area contributed by atoms with Gasteiger partial charge in [-0.1, -0.05) is 0 Å². The molecule has 1 aliphatic rings. The predicted octanol–water partition coefficient (Wildman–Crippen LogP) is 2.24. The highest BCUT2D eigenvalue weighted by molar-refractivity contribution is 7.80. The number of nitrogens with one attached hydrogen (secondary N) is 1. The molecule has 0 aliphatic carbocycles. The van der Waals surface area contributed by atoms with Gasteiger partial charge < -0.3 is 19.3 Å². The molecule has 1 heterocycles. The summed E-state index contributed by atoms with van der Waals surface area (Å²) in [5.41, 5.74) is 0.577. The highest BCUT2D eigenvalue weighted by Gasteiger charge is 2.34. The van der Waals surface area contributed by atoms with E-state index in [2.05, 4.69) is 5.32 Å². The van der Waals surface area contributed by atoms with Crippen LogP contribution in [-0.4, -0.2) is 49.3 Å². The summed E-state index contributed by atoms with van der Waals surface area (Å²) in [5, 5.41) is 11.4. The molecule has 0 unspecified atom stereocenters. The van der Waals surface area contributed by atoms with Crippen molar-refractivity contribution < 1.29 is 33.7 Å². The van der Waals surface area contributed by atoms with Crippen LogP contribution in [0.2, 0.25) is 0 Å². The van der Waals surface area contributed by atoms with Crippen LogP contribution in [0.4, 0.5) is 5.69 Å². The van der Waals surface area contributed by atoms with Gasteiger partial charge in [0.2, 0.25) is 0 Å². The molecule has 9 nitrogen and oxygen atoms in total. The molecular weight excluding hydrogens is 424 g/mol. The molecule has 0 spiro atoms. The zero-order valence-corrected chi connectivity index (χ0v) is 17.6. The number of anilines is 1. The normalized spacial score (nSPS) is 15.0. The molecule has 2 aromatic rings. The quantitative estimate of drug-likeness (QED) is 0.398. The number of aromatic carboxylic acids is 1. The van der Waals surface area contributed by atoms with Crippen LogP contribution in [-0.2, 0) is 9.59 Å². The summed E-state index contributed by atoms with van der Waals surface area (Å²) in [6.45, 7) is 0. The van der Waals surface area contributed by atoms with Gasteiger partial charge in [-0.2, -0.15) is 0 Å². The van der Waals surface area contributed by atoms with Crippen LogP contribution < -0.4 is 24.4 Å². The number of hydrogen-bond acceptors (Lipinski definition) is 7. The lowest BCUT2D eigenvalue weighted by Crippen LogP contribution is -2.54. The minimum atomic E-state index is -1.10. The molecule has 1 aliphatic heterocycles. The summed E-state index contributed by atoms with van der Waals surface area (Å²) in [4.78, 5) is 37.9. The Hall–Kier alpha value is -3.92. The van der Waals surface area contributed by atoms with Crippen LogP contribution in [0.15, 0.2) is 42.0 Å². The lowest BCUT2D eigenvalue weighted by atomic mass is 10.0. The van der Waals surface area contributed by atoms with E-state index in [0.29, 0.717) is 28.5 Å². The van der Waals surface area contributed by atoms with E-state index in [1.807, 2.05) is 0 Å². The van der Waals surface area contributed by atoms with Crippen molar-refractivity contribution in [3.8, 4) is 17.2 Å². The Labute approximate surface area is 182 Å². The number of carboxylic acids is 1. The van der Waals surface area contributed by atoms with E-state index in [1.165, 1.54) is 51.7 Å². The number of ether oxygens (including phenoxy) is 3. The summed E-state index contributed by atoms with van der Waals surface area (Å²) in [7, 11) is 4.38. The van der Waals surface area contributed by atoms with Gasteiger partial charge >= 0.3 is 5.97 Å². The second kappa shape index (κ2) is 8.84. The minimum Gasteiger partial charge on any atom is -0.496 e. The van der Waals surface area contributed by atoms with E-state index >= 15 is 0 Å². The third-order valence-corrected chi connectivity index (χ3v) is 4.79. The first-order valence-electron chi connectivity index (χ1n) is 8.85. The smallest absolute Gasteiger partial charge is 0.335 e. The molecule has 160 valence electrons. The monoisotopic (exact) mass is 442 g/mol. The number of benzene rings is 2. The molecule has 0 aromatic heterocycles. The lowest BCUT2D eigenvalue weighted by Gasteiger charge is -2.29. The molecule has 2 aromatic carbocycles. The topological polar surface area (TPSA) is 114 Å². The average Bonchev–Trinajstić information content (AvgIpc) is 2.76. The predicted molar refractivity (Wildman–Crippen MR) is 116 cm³/mol. The van der Waals surface area contributed by atoms with Crippen LogP contribution in [0, 0.1) is 0 Å². The van der Waals surface area contributed by atoms with E-state index in [1.54, 1.807) is 12.1 Å². The maximum atomic E-state index is 13.1. The molecule has 10 heteroatoms. The van der Waals surface area contributed by atoms with Gasteiger partial charge in [-0.25, -0.2) is 4.79 Å². The molecule has 0 bridgehead atoms. The molecule has 2 amide bonds. The van der Waals surface area contributed by atoms with Gasteiger partial charge in [0.15, 0.2) is 16.6 Å². The fourth-order valence-corrected chi connectivity index (χ4v) is 3.25. The number of amides is 2. The zero-order valence-electron chi connectivity index (χ0n) is 16.8. The van der Waals surface area contributed by atoms with Gasteiger partial charge in [0.1, 0.15) is 11.3 Å². The van der Waals surface area contributed by atoms with Crippen LogP contribution in [0.5, 0.6) is 17.2 Å². The fraction of sp³-hybridized carbons (Fsp3) is 0.143. The van der Waals surface area contributed by atoms with Gasteiger partial charge in [0.05, 0.1) is 32.6 Å². The van der Waals surface area contributed by atoms with Crippen LogP contribution in [0.25, 0.3) is 6.08 Å². The van der Waals surface area contributed by atoms with Gasteiger partial charge in [0.25, 0.3) is 11.8 Å². The number of rotatable bonds is 6. The lowest BCUT2D eigenvalue weighted by molar-refractivity contribution is -0.122. The number of carbonyl (C=O) groups is 3. The molecule has 0 saturated carbocycles. The van der Waals surface area contributed by atoms with Gasteiger partial charge in [-0.05, 0) is 48.6 Å². The molecule has 1 fully saturated rings. The Morgan fingerprint density at radius 3 is 2.13 bits per heavy atom. The standard InChI is InChI=1S/C21H18N2O7S/c1-28-15-10-17(30-3)16(29-2)9-12(15)8-14-18(24)22-21(31)23(19(14)25)13-6-4-11(5-7-13)20(26)27/h4-10H,1-3H3,(H,26,27)(H,22,24,31)/b14-8+. The Kier molecular flexibility index (Phi) is 6.21. The highest BCUT2D eigenvalue weighted by Crippen LogP contribution is 2.36. The van der Waals surface area contributed by atoms with Crippen LogP contribution in [0.1, 0.15) is 15.9 Å². The third-order valence-electron chi connectivity index (χ3n) is 4.51. The van der Waals surface area contributed by atoms with Crippen molar-refractivity contribution in [1.29, 1.82) is 0 Å². The number of nitrogens with zero attached hydrogens (tertiary/aromatic N) is 1. The van der Waals surface area contributed by atoms with E-state index < -0.39 is 17.8 Å². The van der Waals surface area contributed by atoms with Crippen molar-refractivity contribution >= 4 is 46.9 Å². The fourth-order valence-electron chi connectivity index (χ4n) is 2.97. The van der Waals surface area contributed by atoms with Gasteiger partial charge in [-0.15, -0.1) is 0 Å². The van der Waals surface area contributed by atoms with Crippen molar-refractivity contribution in [2.24, 2.45) is 0 Å². The molecule has 0 atom stereocenters. The molecule has 2 N–H and O–H groups in total. The van der Waals surface area contributed by atoms with E-state index in [-0.39, 0.29) is 16.2 Å². The van der Waals surface area contributed by atoms with E-state index in [4.69, 9.17) is 31.5 Å². The Morgan fingerprint density at radius 2 is 1.58 bits per heavy atom. The number of carbonyl (C=O) groups excluding carboxylic acids is 2. The number of thiocarbonyl (C=S) groups is 1. The number of hydrogen-bond donors (Lipinski definition) is 2. The first kappa shape index (κ1) is 21.8. The molecule has 31 heavy (non-hydrogen) atoms. The minimum absolute atomic E-state index is 0.0500. The summed E-state index contributed by atoms with van der Waals surface area (Å²) >= 11 is 5.15. The maximum absolute atomic E-state index is 13.1. The van der Waals surface area contributed by atoms with Gasteiger partial charge in [0, 0.05) is 11.6 Å². The van der Waals surface area contributed by atoms with E-state index in [0.717, 1.165) is 4.90 Å². The Balaban J connectivity index is 2.06. The summed E-state index contributed by atoms with van der Waals surface area (Å²) in [6, 6.07) is 8.68. The van der Waals surface area contributed by atoms with Crippen molar-refractivity contribution in [2.75, 3.05) is 26.2 Å². The summed E-state index contributed by atoms with van der Waals surface area (Å²) in [6.07, 6.45) is 1.36. The number of carboxylic acid groups (broad SMARTS) is 1. The summed E-state index contributed by atoms with van der Waals surface area (Å²) in [5.74, 6) is -1.29. The van der Waals surface area contributed by atoms with Crippen molar-refractivity contribution in [1.82, 2.24) is 5.32 Å². The SMILES string of the molecule is COc1cc(OC)c(OC)cc1/C=C1\C(=O)NC(=S)N(c2ccc(C(=O)O)cc2)C1=O. The van der Waals surface area contributed by atoms with E-state index in [9.17, 15) is 14.4 Å². The summed E-state index contributed by atoms with van der Waals surface area (Å²) < 4.78 is 15.9. The largest absolute Gasteiger partial charge is 0.496 e. The van der Waals surface area contributed by atoms with Crippen molar-refractivity contribution in [3.05, 3.63) is 53.1 Å². The molecule has 1 saturated heterocycles. The molecule has 0 radical (unpaired) electrons. The van der Waals surface area contributed by atoms with Crippen molar-refractivity contribution in [2.45, 2.75) is 0 Å². The second-order valence-corrected chi connectivity index (χ2v) is 6.65. The third kappa shape index (κ3) is 4.19. The van der Waals surface area contributed by atoms with Gasteiger partial charge in [-0.3, -0.25) is 19.8 Å². The Morgan fingerprint density at radius 1 is 1.00 bits per heavy atom. The second-order valence-electron chi connectivity index (χ2n) is 6.26.